The summed E-state index contributed by atoms with van der Waals surface area (Å²) in [5.74, 6) is 2.21. The molecule has 1 fully saturated rings. The highest BCUT2D eigenvalue weighted by Crippen LogP contribution is 2.31. The number of nitrogens with one attached hydrogen (secondary N) is 2. The maximum Gasteiger partial charge on any atom is 0.228 e. The molecule has 1 amide bonds. The van der Waals surface area contributed by atoms with Crippen molar-refractivity contribution in [2.45, 2.75) is 32.1 Å². The van der Waals surface area contributed by atoms with Crippen LogP contribution in [0.5, 0.6) is 11.5 Å². The van der Waals surface area contributed by atoms with Gasteiger partial charge in [0.1, 0.15) is 17.3 Å². The minimum atomic E-state index is 0.0763. The van der Waals surface area contributed by atoms with Crippen LogP contribution >= 0.6 is 0 Å². The molecule has 1 aromatic carbocycles. The zero-order valence-corrected chi connectivity index (χ0v) is 15.2. The molecule has 1 heterocycles. The van der Waals surface area contributed by atoms with Crippen LogP contribution in [0.25, 0.3) is 0 Å². The highest BCUT2D eigenvalue weighted by molar-refractivity contribution is 5.91. The second-order valence-corrected chi connectivity index (χ2v) is 6.45. The lowest BCUT2D eigenvalue weighted by atomic mass is 9.89. The number of carbonyl (C=O) groups is 1. The number of hydrogen-bond acceptors (Lipinski definition) is 5. The number of nitrogens with zero attached hydrogens (tertiary/aromatic N) is 1. The summed E-state index contributed by atoms with van der Waals surface area (Å²) in [6.07, 6.45) is 7.14. The molecule has 6 heteroatoms. The molecule has 0 saturated heterocycles. The van der Waals surface area contributed by atoms with Gasteiger partial charge in [-0.2, -0.15) is 0 Å². The summed E-state index contributed by atoms with van der Waals surface area (Å²) in [6, 6.07) is 9.22. The molecule has 0 atom stereocenters. The first-order valence-electron chi connectivity index (χ1n) is 8.95. The summed E-state index contributed by atoms with van der Waals surface area (Å²) >= 11 is 0. The lowest BCUT2D eigenvalue weighted by Crippen LogP contribution is -2.25. The summed E-state index contributed by atoms with van der Waals surface area (Å²) < 4.78 is 10.6. The van der Waals surface area contributed by atoms with Crippen LogP contribution < -0.4 is 20.1 Å². The predicted octanol–water partition coefficient (Wildman–Crippen LogP) is 4.36. The van der Waals surface area contributed by atoms with E-state index in [4.69, 9.17) is 9.47 Å². The SMILES string of the molecule is COc1ccc(OC)c(Nc2ccc(NC(=O)C3CCCCC3)nc2)c1. The van der Waals surface area contributed by atoms with Crippen molar-refractivity contribution in [3.63, 3.8) is 0 Å². The largest absolute Gasteiger partial charge is 0.497 e. The third kappa shape index (κ3) is 4.45. The van der Waals surface area contributed by atoms with Gasteiger partial charge in [0.05, 0.1) is 31.8 Å². The normalized spacial score (nSPS) is 14.5. The minimum Gasteiger partial charge on any atom is -0.497 e. The Morgan fingerprint density at radius 2 is 1.88 bits per heavy atom. The third-order valence-corrected chi connectivity index (χ3v) is 4.68. The molecular formula is C20H25N3O3. The monoisotopic (exact) mass is 355 g/mol. The van der Waals surface area contributed by atoms with Crippen molar-refractivity contribution in [2.24, 2.45) is 5.92 Å². The number of carbonyl (C=O) groups excluding carboxylic acids is 1. The van der Waals surface area contributed by atoms with Gasteiger partial charge in [-0.05, 0) is 37.1 Å². The summed E-state index contributed by atoms with van der Waals surface area (Å²) in [5, 5.41) is 6.18. The molecular weight excluding hydrogens is 330 g/mol. The Bertz CT molecular complexity index is 740. The van der Waals surface area contributed by atoms with E-state index in [9.17, 15) is 4.79 Å². The van der Waals surface area contributed by atoms with Crippen molar-refractivity contribution in [1.29, 1.82) is 0 Å². The van der Waals surface area contributed by atoms with Crippen LogP contribution in [0.3, 0.4) is 0 Å². The van der Waals surface area contributed by atoms with E-state index in [0.29, 0.717) is 11.6 Å². The number of amides is 1. The molecule has 1 aliphatic carbocycles. The number of ether oxygens (including phenoxy) is 2. The fraction of sp³-hybridized carbons (Fsp3) is 0.400. The molecule has 3 rings (SSSR count). The second kappa shape index (κ2) is 8.56. The van der Waals surface area contributed by atoms with E-state index in [1.54, 1.807) is 26.5 Å². The summed E-state index contributed by atoms with van der Waals surface area (Å²) in [6.45, 7) is 0. The quantitative estimate of drug-likeness (QED) is 0.805. The van der Waals surface area contributed by atoms with Crippen LogP contribution in [-0.2, 0) is 4.79 Å². The first-order chi connectivity index (χ1) is 12.7. The van der Waals surface area contributed by atoms with Crippen LogP contribution in [0, 0.1) is 5.92 Å². The number of aromatic nitrogens is 1. The van der Waals surface area contributed by atoms with Crippen LogP contribution in [0.15, 0.2) is 36.5 Å². The van der Waals surface area contributed by atoms with Gasteiger partial charge in [0.25, 0.3) is 0 Å². The average Bonchev–Trinajstić information content (AvgIpc) is 2.70. The topological polar surface area (TPSA) is 72.5 Å². The van der Waals surface area contributed by atoms with Gasteiger partial charge in [0, 0.05) is 12.0 Å². The molecule has 1 saturated carbocycles. The van der Waals surface area contributed by atoms with E-state index in [0.717, 1.165) is 42.8 Å². The molecule has 1 aromatic heterocycles. The van der Waals surface area contributed by atoms with Crippen molar-refractivity contribution < 1.29 is 14.3 Å². The summed E-state index contributed by atoms with van der Waals surface area (Å²) in [4.78, 5) is 16.6. The molecule has 0 bridgehead atoms. The molecule has 138 valence electrons. The molecule has 1 aliphatic rings. The van der Waals surface area contributed by atoms with Gasteiger partial charge in [-0.15, -0.1) is 0 Å². The van der Waals surface area contributed by atoms with Gasteiger partial charge < -0.3 is 20.1 Å². The zero-order valence-electron chi connectivity index (χ0n) is 15.2. The second-order valence-electron chi connectivity index (χ2n) is 6.45. The smallest absolute Gasteiger partial charge is 0.228 e. The Hall–Kier alpha value is -2.76. The van der Waals surface area contributed by atoms with Gasteiger partial charge >= 0.3 is 0 Å². The van der Waals surface area contributed by atoms with Gasteiger partial charge in [-0.25, -0.2) is 4.98 Å². The zero-order chi connectivity index (χ0) is 18.4. The van der Waals surface area contributed by atoms with E-state index >= 15 is 0 Å². The standard InChI is InChI=1S/C20H25N3O3/c1-25-16-9-10-18(26-2)17(12-16)22-15-8-11-19(21-13-15)23-20(24)14-6-4-3-5-7-14/h8-14,22H,3-7H2,1-2H3,(H,21,23,24). The van der Waals surface area contributed by atoms with Crippen molar-refractivity contribution in [1.82, 2.24) is 4.98 Å². The Kier molecular flexibility index (Phi) is 5.94. The highest BCUT2D eigenvalue weighted by Gasteiger charge is 2.21. The van der Waals surface area contributed by atoms with Crippen molar-refractivity contribution >= 4 is 23.1 Å². The maximum absolute atomic E-state index is 12.3. The van der Waals surface area contributed by atoms with Crippen molar-refractivity contribution in [3.05, 3.63) is 36.5 Å². The van der Waals surface area contributed by atoms with E-state index in [1.165, 1.54) is 6.42 Å². The molecule has 26 heavy (non-hydrogen) atoms. The number of rotatable bonds is 6. The first-order valence-corrected chi connectivity index (χ1v) is 8.95. The molecule has 0 spiro atoms. The van der Waals surface area contributed by atoms with Crippen LogP contribution in [0.2, 0.25) is 0 Å². The van der Waals surface area contributed by atoms with E-state index in [1.807, 2.05) is 24.3 Å². The number of hydrogen-bond donors (Lipinski definition) is 2. The molecule has 0 aliphatic heterocycles. The average molecular weight is 355 g/mol. The van der Waals surface area contributed by atoms with Crippen molar-refractivity contribution in [3.8, 4) is 11.5 Å². The Balaban J connectivity index is 1.65. The maximum atomic E-state index is 12.3. The van der Waals surface area contributed by atoms with Crippen LogP contribution in [0.4, 0.5) is 17.2 Å². The van der Waals surface area contributed by atoms with Gasteiger partial charge in [-0.3, -0.25) is 4.79 Å². The molecule has 2 N–H and O–H groups in total. The van der Waals surface area contributed by atoms with E-state index < -0.39 is 0 Å². The van der Waals surface area contributed by atoms with Crippen LogP contribution in [-0.4, -0.2) is 25.1 Å². The highest BCUT2D eigenvalue weighted by atomic mass is 16.5. The van der Waals surface area contributed by atoms with E-state index in [2.05, 4.69) is 15.6 Å². The summed E-state index contributed by atoms with van der Waals surface area (Å²) in [5.41, 5.74) is 1.58. The van der Waals surface area contributed by atoms with Gasteiger partial charge in [-0.1, -0.05) is 19.3 Å². The predicted molar refractivity (Wildman–Crippen MR) is 102 cm³/mol. The first kappa shape index (κ1) is 18.0. The van der Waals surface area contributed by atoms with Crippen molar-refractivity contribution in [2.75, 3.05) is 24.9 Å². The van der Waals surface area contributed by atoms with Gasteiger partial charge in [0.2, 0.25) is 5.91 Å². The Morgan fingerprint density at radius 3 is 2.54 bits per heavy atom. The Morgan fingerprint density at radius 1 is 1.08 bits per heavy atom. The van der Waals surface area contributed by atoms with E-state index in [-0.39, 0.29) is 11.8 Å². The fourth-order valence-electron chi connectivity index (χ4n) is 3.20. The number of methoxy groups -OCH3 is 2. The third-order valence-electron chi connectivity index (χ3n) is 4.68. The fourth-order valence-corrected chi connectivity index (χ4v) is 3.20. The molecule has 0 unspecified atom stereocenters. The summed E-state index contributed by atoms with van der Waals surface area (Å²) in [7, 11) is 3.24. The lowest BCUT2D eigenvalue weighted by molar-refractivity contribution is -0.120. The Labute approximate surface area is 153 Å². The molecule has 0 radical (unpaired) electrons. The number of benzene rings is 1. The van der Waals surface area contributed by atoms with Gasteiger partial charge in [0.15, 0.2) is 0 Å². The lowest BCUT2D eigenvalue weighted by Gasteiger charge is -2.20. The molecule has 2 aromatic rings. The van der Waals surface area contributed by atoms with Crippen LogP contribution in [0.1, 0.15) is 32.1 Å². The number of pyridine rings is 1. The number of anilines is 3. The molecule has 6 nitrogen and oxygen atoms in total. The minimum absolute atomic E-state index is 0.0763.